The summed E-state index contributed by atoms with van der Waals surface area (Å²) < 4.78 is 0. The molecule has 1 aromatic rings. The number of hydrogen-bond donors (Lipinski definition) is 1. The second kappa shape index (κ2) is 4.63. The van der Waals surface area contributed by atoms with Gasteiger partial charge in [0.05, 0.1) is 0 Å². The van der Waals surface area contributed by atoms with Gasteiger partial charge in [0.25, 0.3) is 0 Å². The molecule has 2 N–H and O–H groups in total. The van der Waals surface area contributed by atoms with Gasteiger partial charge in [-0.15, -0.1) is 0 Å². The van der Waals surface area contributed by atoms with E-state index in [1.807, 2.05) is 0 Å². The van der Waals surface area contributed by atoms with Crippen molar-refractivity contribution >= 4 is 11.9 Å². The van der Waals surface area contributed by atoms with Gasteiger partial charge >= 0.3 is 0 Å². The molecule has 1 aliphatic rings. The number of aromatic nitrogens is 3. The third kappa shape index (κ3) is 2.40. The topological polar surface area (TPSA) is 67.9 Å². The van der Waals surface area contributed by atoms with Crippen LogP contribution in [0.2, 0.25) is 0 Å². The van der Waals surface area contributed by atoms with E-state index in [9.17, 15) is 0 Å². The van der Waals surface area contributed by atoms with Gasteiger partial charge in [0, 0.05) is 13.1 Å². The van der Waals surface area contributed by atoms with Crippen LogP contribution in [0.15, 0.2) is 6.33 Å². The van der Waals surface area contributed by atoms with E-state index in [2.05, 4.69) is 33.7 Å². The molecule has 0 unspecified atom stereocenters. The molecule has 5 nitrogen and oxygen atoms in total. The van der Waals surface area contributed by atoms with E-state index in [-0.39, 0.29) is 0 Å². The predicted octanol–water partition coefficient (Wildman–Crippen LogP) is 1.33. The molecule has 0 saturated carbocycles. The highest BCUT2D eigenvalue weighted by Crippen LogP contribution is 2.25. The number of nitrogens with two attached hydrogens (primary N) is 1. The lowest BCUT2D eigenvalue weighted by Crippen LogP contribution is -2.36. The molecular weight excluding hydrogens is 202 g/mol. The minimum absolute atomic E-state index is 0.302. The molecule has 0 amide bonds. The Kier molecular flexibility index (Phi) is 3.22. The van der Waals surface area contributed by atoms with Gasteiger partial charge in [-0.2, -0.15) is 4.98 Å². The van der Waals surface area contributed by atoms with E-state index >= 15 is 0 Å². The van der Waals surface area contributed by atoms with Crippen molar-refractivity contribution in [3.63, 3.8) is 0 Å². The molecule has 88 valence electrons. The maximum atomic E-state index is 5.55. The van der Waals surface area contributed by atoms with Gasteiger partial charge in [0.1, 0.15) is 6.33 Å². The summed E-state index contributed by atoms with van der Waals surface area (Å²) in [6.07, 6.45) is 3.90. The second-order valence-corrected chi connectivity index (χ2v) is 4.71. The molecule has 1 fully saturated rings. The van der Waals surface area contributed by atoms with Gasteiger partial charge in [-0.05, 0) is 24.7 Å². The summed E-state index contributed by atoms with van der Waals surface area (Å²) in [5, 5.41) is 0. The van der Waals surface area contributed by atoms with E-state index in [1.54, 1.807) is 0 Å². The molecule has 16 heavy (non-hydrogen) atoms. The minimum Gasteiger partial charge on any atom is -0.368 e. The van der Waals surface area contributed by atoms with Crippen LogP contribution >= 0.6 is 0 Å². The van der Waals surface area contributed by atoms with Crippen molar-refractivity contribution in [2.75, 3.05) is 23.7 Å². The van der Waals surface area contributed by atoms with Crippen LogP contribution in [-0.2, 0) is 0 Å². The Labute approximate surface area is 96.1 Å². The van der Waals surface area contributed by atoms with Crippen molar-refractivity contribution in [2.45, 2.75) is 26.7 Å². The average Bonchev–Trinajstić information content (AvgIpc) is 2.29. The maximum Gasteiger partial charge on any atom is 0.230 e. The molecular formula is C11H19N5. The molecule has 0 radical (unpaired) electrons. The fourth-order valence-electron chi connectivity index (χ4n) is 2.22. The molecule has 0 spiro atoms. The number of nitrogens with zero attached hydrogens (tertiary/aromatic N) is 4. The largest absolute Gasteiger partial charge is 0.368 e. The molecule has 2 heterocycles. The highest BCUT2D eigenvalue weighted by molar-refractivity contribution is 5.33. The Morgan fingerprint density at radius 1 is 1.31 bits per heavy atom. The zero-order valence-corrected chi connectivity index (χ0v) is 9.93. The van der Waals surface area contributed by atoms with Crippen LogP contribution in [0.1, 0.15) is 26.7 Å². The van der Waals surface area contributed by atoms with Crippen molar-refractivity contribution in [3.8, 4) is 0 Å². The predicted molar refractivity (Wildman–Crippen MR) is 64.0 cm³/mol. The van der Waals surface area contributed by atoms with Gasteiger partial charge in [-0.3, -0.25) is 0 Å². The van der Waals surface area contributed by atoms with Gasteiger partial charge < -0.3 is 10.6 Å². The molecule has 0 bridgehead atoms. The van der Waals surface area contributed by atoms with E-state index in [1.165, 1.54) is 19.2 Å². The smallest absolute Gasteiger partial charge is 0.230 e. The zero-order chi connectivity index (χ0) is 11.5. The number of hydrogen-bond acceptors (Lipinski definition) is 5. The van der Waals surface area contributed by atoms with Gasteiger partial charge in [0.15, 0.2) is 0 Å². The molecule has 1 aromatic heterocycles. The zero-order valence-electron chi connectivity index (χ0n) is 9.93. The van der Waals surface area contributed by atoms with Crippen LogP contribution in [0.5, 0.6) is 0 Å². The summed E-state index contributed by atoms with van der Waals surface area (Å²) in [6, 6.07) is 0. The Morgan fingerprint density at radius 3 is 2.56 bits per heavy atom. The highest BCUT2D eigenvalue weighted by atomic mass is 15.3. The molecule has 1 aliphatic heterocycles. The summed E-state index contributed by atoms with van der Waals surface area (Å²) in [4.78, 5) is 14.3. The van der Waals surface area contributed by atoms with E-state index in [0.717, 1.165) is 30.9 Å². The monoisotopic (exact) mass is 221 g/mol. The highest BCUT2D eigenvalue weighted by Gasteiger charge is 2.22. The lowest BCUT2D eigenvalue weighted by molar-refractivity contribution is 0.310. The first-order valence-electron chi connectivity index (χ1n) is 5.86. The Hall–Kier alpha value is -1.39. The fraction of sp³-hybridized carbons (Fsp3) is 0.727. The van der Waals surface area contributed by atoms with Crippen LogP contribution in [0.25, 0.3) is 0 Å². The summed E-state index contributed by atoms with van der Waals surface area (Å²) >= 11 is 0. The SMILES string of the molecule is CC(C)C1CCN(c2ncnc(N)n2)CC1. The minimum atomic E-state index is 0.302. The van der Waals surface area contributed by atoms with E-state index in [0.29, 0.717) is 5.95 Å². The molecule has 0 aromatic carbocycles. The molecule has 5 heteroatoms. The van der Waals surface area contributed by atoms with Crippen LogP contribution in [0.4, 0.5) is 11.9 Å². The van der Waals surface area contributed by atoms with Crippen LogP contribution < -0.4 is 10.6 Å². The number of nitrogen functional groups attached to an aromatic ring is 1. The van der Waals surface area contributed by atoms with Crippen LogP contribution in [-0.4, -0.2) is 28.0 Å². The second-order valence-electron chi connectivity index (χ2n) is 4.71. The lowest BCUT2D eigenvalue weighted by Gasteiger charge is -2.33. The molecule has 0 aliphatic carbocycles. The van der Waals surface area contributed by atoms with Gasteiger partial charge in [0.2, 0.25) is 11.9 Å². The first-order chi connectivity index (χ1) is 7.66. The van der Waals surface area contributed by atoms with Crippen LogP contribution in [0.3, 0.4) is 0 Å². The summed E-state index contributed by atoms with van der Waals surface area (Å²) in [7, 11) is 0. The number of piperidine rings is 1. The Bertz CT molecular complexity index is 344. The normalized spacial score (nSPS) is 18.1. The third-order valence-corrected chi connectivity index (χ3v) is 3.34. The standard InChI is InChI=1S/C11H19N5/c1-8(2)9-3-5-16(6-4-9)11-14-7-13-10(12)15-11/h7-9H,3-6H2,1-2H3,(H2,12,13,14,15). The Balaban J connectivity index is 1.99. The van der Waals surface area contributed by atoms with Crippen molar-refractivity contribution in [3.05, 3.63) is 6.33 Å². The van der Waals surface area contributed by atoms with Gasteiger partial charge in [-0.25, -0.2) is 9.97 Å². The third-order valence-electron chi connectivity index (χ3n) is 3.34. The van der Waals surface area contributed by atoms with Crippen molar-refractivity contribution < 1.29 is 0 Å². The quantitative estimate of drug-likeness (QED) is 0.816. The summed E-state index contributed by atoms with van der Waals surface area (Å²) in [5.41, 5.74) is 5.55. The Morgan fingerprint density at radius 2 is 2.00 bits per heavy atom. The van der Waals surface area contributed by atoms with Crippen molar-refractivity contribution in [1.82, 2.24) is 15.0 Å². The van der Waals surface area contributed by atoms with E-state index in [4.69, 9.17) is 5.73 Å². The van der Waals surface area contributed by atoms with Crippen molar-refractivity contribution in [1.29, 1.82) is 0 Å². The lowest BCUT2D eigenvalue weighted by atomic mass is 9.87. The number of rotatable bonds is 2. The molecule has 0 atom stereocenters. The van der Waals surface area contributed by atoms with Crippen molar-refractivity contribution in [2.24, 2.45) is 11.8 Å². The first kappa shape index (κ1) is 11.1. The maximum absolute atomic E-state index is 5.55. The molecule has 2 rings (SSSR count). The first-order valence-corrected chi connectivity index (χ1v) is 5.86. The fourth-order valence-corrected chi connectivity index (χ4v) is 2.22. The van der Waals surface area contributed by atoms with E-state index < -0.39 is 0 Å². The van der Waals surface area contributed by atoms with Crippen LogP contribution in [0, 0.1) is 11.8 Å². The summed E-state index contributed by atoms with van der Waals surface area (Å²) in [6.45, 7) is 6.63. The van der Waals surface area contributed by atoms with Gasteiger partial charge in [-0.1, -0.05) is 13.8 Å². The summed E-state index contributed by atoms with van der Waals surface area (Å²) in [5.74, 6) is 2.62. The molecule has 1 saturated heterocycles. The number of anilines is 2. The average molecular weight is 221 g/mol.